The highest BCUT2D eigenvalue weighted by atomic mass is 19.4. The first-order chi connectivity index (χ1) is 8.98. The molecule has 0 fully saturated rings. The molecule has 1 aromatic carbocycles. The number of benzene rings is 1. The van der Waals surface area contributed by atoms with E-state index in [9.17, 15) is 18.0 Å². The zero-order chi connectivity index (χ0) is 13.9. The van der Waals surface area contributed by atoms with Crippen LogP contribution in [-0.4, -0.2) is 15.9 Å². The molecule has 0 aliphatic heterocycles. The number of halogens is 3. The molecule has 0 bridgehead atoms. The second kappa shape index (κ2) is 5.05. The van der Waals surface area contributed by atoms with Gasteiger partial charge in [-0.15, -0.1) is 0 Å². The summed E-state index contributed by atoms with van der Waals surface area (Å²) in [6, 6.07) is 6.05. The fraction of sp³-hybridized carbons (Fsp3) is 0.0833. The van der Waals surface area contributed by atoms with Gasteiger partial charge in [-0.05, 0) is 18.2 Å². The number of nitrogens with one attached hydrogen (secondary N) is 1. The number of anilines is 1. The van der Waals surface area contributed by atoms with Gasteiger partial charge in [0.1, 0.15) is 0 Å². The third-order valence-corrected chi connectivity index (χ3v) is 2.27. The van der Waals surface area contributed by atoms with Crippen LogP contribution in [0.4, 0.5) is 19.1 Å². The van der Waals surface area contributed by atoms with Gasteiger partial charge in [0.2, 0.25) is 5.95 Å². The lowest BCUT2D eigenvalue weighted by Crippen LogP contribution is -2.19. The van der Waals surface area contributed by atoms with Gasteiger partial charge in [-0.25, -0.2) is 9.97 Å². The minimum Gasteiger partial charge on any atom is -0.290 e. The van der Waals surface area contributed by atoms with Gasteiger partial charge in [0.05, 0.1) is 11.1 Å². The van der Waals surface area contributed by atoms with Crippen molar-refractivity contribution in [3.05, 3.63) is 53.9 Å². The van der Waals surface area contributed by atoms with Gasteiger partial charge in [-0.1, -0.05) is 12.1 Å². The summed E-state index contributed by atoms with van der Waals surface area (Å²) in [7, 11) is 0. The lowest BCUT2D eigenvalue weighted by molar-refractivity contribution is -0.137. The van der Waals surface area contributed by atoms with Crippen LogP contribution in [0.3, 0.4) is 0 Å². The van der Waals surface area contributed by atoms with Gasteiger partial charge in [0, 0.05) is 12.4 Å². The first-order valence-corrected chi connectivity index (χ1v) is 5.23. The average Bonchev–Trinajstić information content (AvgIpc) is 2.39. The largest absolute Gasteiger partial charge is 0.417 e. The van der Waals surface area contributed by atoms with Gasteiger partial charge in [-0.2, -0.15) is 13.2 Å². The first kappa shape index (κ1) is 13.0. The van der Waals surface area contributed by atoms with E-state index in [1.807, 2.05) is 0 Å². The molecular formula is C12H8F3N3O. The Labute approximate surface area is 106 Å². The van der Waals surface area contributed by atoms with Crippen molar-refractivity contribution < 1.29 is 18.0 Å². The number of hydrogen-bond donors (Lipinski definition) is 1. The Balaban J connectivity index is 2.30. The highest BCUT2D eigenvalue weighted by Crippen LogP contribution is 2.31. The Morgan fingerprint density at radius 3 is 2.32 bits per heavy atom. The van der Waals surface area contributed by atoms with Crippen molar-refractivity contribution in [3.63, 3.8) is 0 Å². The lowest BCUT2D eigenvalue weighted by Gasteiger charge is -2.11. The molecule has 7 heteroatoms. The Hall–Kier alpha value is -2.44. The van der Waals surface area contributed by atoms with Gasteiger partial charge in [-0.3, -0.25) is 10.1 Å². The number of hydrogen-bond acceptors (Lipinski definition) is 3. The molecule has 1 heterocycles. The highest BCUT2D eigenvalue weighted by molar-refractivity contribution is 6.04. The molecule has 1 amide bonds. The number of nitrogens with zero attached hydrogens (tertiary/aromatic N) is 2. The number of alkyl halides is 3. The molecule has 2 rings (SSSR count). The van der Waals surface area contributed by atoms with Crippen LogP contribution in [0.5, 0.6) is 0 Å². The predicted molar refractivity (Wildman–Crippen MR) is 61.4 cm³/mol. The molecular weight excluding hydrogens is 259 g/mol. The second-order valence-electron chi connectivity index (χ2n) is 3.57. The SMILES string of the molecule is O=C(Nc1ncccn1)c1ccccc1C(F)(F)F. The van der Waals surface area contributed by atoms with Gasteiger partial charge in [0.15, 0.2) is 0 Å². The molecule has 1 N–H and O–H groups in total. The van der Waals surface area contributed by atoms with Crippen molar-refractivity contribution in [1.29, 1.82) is 0 Å². The van der Waals surface area contributed by atoms with Crippen LogP contribution in [0, 0.1) is 0 Å². The summed E-state index contributed by atoms with van der Waals surface area (Å²) in [6.45, 7) is 0. The van der Waals surface area contributed by atoms with E-state index in [1.54, 1.807) is 0 Å². The van der Waals surface area contributed by atoms with Crippen LogP contribution in [0.25, 0.3) is 0 Å². The Kier molecular flexibility index (Phi) is 3.46. The molecule has 0 atom stereocenters. The normalized spacial score (nSPS) is 11.1. The Bertz CT molecular complexity index is 584. The van der Waals surface area contributed by atoms with Crippen LogP contribution < -0.4 is 5.32 Å². The minimum absolute atomic E-state index is 0.0514. The Morgan fingerprint density at radius 1 is 1.05 bits per heavy atom. The summed E-state index contributed by atoms with van der Waals surface area (Å²) in [6.07, 6.45) is -1.85. The molecule has 0 unspecified atom stereocenters. The third kappa shape index (κ3) is 3.06. The molecule has 0 radical (unpaired) electrons. The maximum Gasteiger partial charge on any atom is 0.417 e. The minimum atomic E-state index is -4.59. The van der Waals surface area contributed by atoms with Crippen molar-refractivity contribution in [2.24, 2.45) is 0 Å². The van der Waals surface area contributed by atoms with Gasteiger partial charge >= 0.3 is 6.18 Å². The zero-order valence-corrected chi connectivity index (χ0v) is 9.48. The molecule has 1 aromatic heterocycles. The second-order valence-corrected chi connectivity index (χ2v) is 3.57. The number of aromatic nitrogens is 2. The monoisotopic (exact) mass is 267 g/mol. The van der Waals surface area contributed by atoms with Crippen molar-refractivity contribution in [1.82, 2.24) is 9.97 Å². The van der Waals surface area contributed by atoms with E-state index >= 15 is 0 Å². The van der Waals surface area contributed by atoms with E-state index in [4.69, 9.17) is 0 Å². The molecule has 19 heavy (non-hydrogen) atoms. The standard InChI is InChI=1S/C12H8F3N3O/c13-12(14,15)9-5-2-1-4-8(9)10(19)18-11-16-6-3-7-17-11/h1-7H,(H,16,17,18,19). The summed E-state index contributed by atoms with van der Waals surface area (Å²) in [5, 5.41) is 2.21. The molecule has 2 aromatic rings. The van der Waals surface area contributed by atoms with Crippen LogP contribution in [0.2, 0.25) is 0 Å². The molecule has 0 spiro atoms. The summed E-state index contributed by atoms with van der Waals surface area (Å²) >= 11 is 0. The molecule has 98 valence electrons. The van der Waals surface area contributed by atoms with Crippen molar-refractivity contribution in [3.8, 4) is 0 Å². The average molecular weight is 267 g/mol. The van der Waals surface area contributed by atoms with Crippen LogP contribution in [-0.2, 0) is 6.18 Å². The maximum absolute atomic E-state index is 12.7. The zero-order valence-electron chi connectivity index (χ0n) is 9.48. The van der Waals surface area contributed by atoms with E-state index < -0.39 is 23.2 Å². The van der Waals surface area contributed by atoms with Crippen molar-refractivity contribution >= 4 is 11.9 Å². The maximum atomic E-state index is 12.7. The number of carbonyl (C=O) groups excluding carboxylic acids is 1. The fourth-order valence-electron chi connectivity index (χ4n) is 1.46. The number of rotatable bonds is 2. The summed E-state index contributed by atoms with van der Waals surface area (Å²) in [4.78, 5) is 19.2. The van der Waals surface area contributed by atoms with E-state index in [0.29, 0.717) is 0 Å². The van der Waals surface area contributed by atoms with Crippen LogP contribution in [0.1, 0.15) is 15.9 Å². The van der Waals surface area contributed by atoms with E-state index in [2.05, 4.69) is 15.3 Å². The molecule has 0 saturated heterocycles. The van der Waals surface area contributed by atoms with Gasteiger partial charge < -0.3 is 0 Å². The fourth-order valence-corrected chi connectivity index (χ4v) is 1.46. The lowest BCUT2D eigenvalue weighted by atomic mass is 10.1. The molecule has 0 aliphatic rings. The molecule has 0 aliphatic carbocycles. The third-order valence-electron chi connectivity index (χ3n) is 2.27. The van der Waals surface area contributed by atoms with Crippen molar-refractivity contribution in [2.45, 2.75) is 6.18 Å². The smallest absolute Gasteiger partial charge is 0.290 e. The predicted octanol–water partition coefficient (Wildman–Crippen LogP) is 2.75. The van der Waals surface area contributed by atoms with E-state index in [1.165, 1.54) is 30.6 Å². The van der Waals surface area contributed by atoms with Gasteiger partial charge in [0.25, 0.3) is 5.91 Å². The van der Waals surface area contributed by atoms with E-state index in [-0.39, 0.29) is 5.95 Å². The van der Waals surface area contributed by atoms with Crippen LogP contribution >= 0.6 is 0 Å². The van der Waals surface area contributed by atoms with Crippen LogP contribution in [0.15, 0.2) is 42.7 Å². The summed E-state index contributed by atoms with van der Waals surface area (Å²) < 4.78 is 38.2. The quantitative estimate of drug-likeness (QED) is 0.910. The molecule has 0 saturated carbocycles. The number of amides is 1. The molecule has 4 nitrogen and oxygen atoms in total. The van der Waals surface area contributed by atoms with Crippen molar-refractivity contribution in [2.75, 3.05) is 5.32 Å². The summed E-state index contributed by atoms with van der Waals surface area (Å²) in [5.41, 5.74) is -1.47. The first-order valence-electron chi connectivity index (χ1n) is 5.23. The Morgan fingerprint density at radius 2 is 1.68 bits per heavy atom. The van der Waals surface area contributed by atoms with E-state index in [0.717, 1.165) is 12.1 Å². The number of carbonyl (C=O) groups is 1. The highest BCUT2D eigenvalue weighted by Gasteiger charge is 2.34. The summed E-state index contributed by atoms with van der Waals surface area (Å²) in [5.74, 6) is -0.955. The topological polar surface area (TPSA) is 54.9 Å².